The third-order valence-electron chi connectivity index (χ3n) is 5.83. The smallest absolute Gasteiger partial charge is 0.223 e. The average molecular weight is 456 g/mol. The highest BCUT2D eigenvalue weighted by Gasteiger charge is 2.29. The molecule has 3 N–H and O–H groups in total. The Morgan fingerprint density at radius 1 is 1.28 bits per heavy atom. The number of amides is 1. The van der Waals surface area contributed by atoms with Gasteiger partial charge in [0.25, 0.3) is 0 Å². The van der Waals surface area contributed by atoms with Crippen LogP contribution in [0.3, 0.4) is 0 Å². The molecule has 0 bridgehead atoms. The molecular formula is C23H29N5O3S. The van der Waals surface area contributed by atoms with Gasteiger partial charge in [0.1, 0.15) is 29.3 Å². The van der Waals surface area contributed by atoms with E-state index in [-0.39, 0.29) is 11.8 Å². The van der Waals surface area contributed by atoms with Crippen LogP contribution in [0, 0.1) is 5.92 Å². The fourth-order valence-electron chi connectivity index (χ4n) is 4.17. The van der Waals surface area contributed by atoms with Crippen LogP contribution in [0.5, 0.6) is 11.5 Å². The molecule has 0 saturated heterocycles. The van der Waals surface area contributed by atoms with E-state index < -0.39 is 0 Å². The lowest BCUT2D eigenvalue weighted by Gasteiger charge is -2.22. The normalized spacial score (nSPS) is 15.3. The predicted molar refractivity (Wildman–Crippen MR) is 128 cm³/mol. The van der Waals surface area contributed by atoms with Gasteiger partial charge in [-0.15, -0.1) is 0 Å². The first-order chi connectivity index (χ1) is 15.6. The monoisotopic (exact) mass is 455 g/mol. The van der Waals surface area contributed by atoms with Gasteiger partial charge in [0.2, 0.25) is 5.91 Å². The Balaban J connectivity index is 1.61. The fourth-order valence-corrected chi connectivity index (χ4v) is 4.60. The van der Waals surface area contributed by atoms with Gasteiger partial charge in [-0.1, -0.05) is 0 Å². The highest BCUT2D eigenvalue weighted by atomic mass is 32.2. The van der Waals surface area contributed by atoms with E-state index >= 15 is 0 Å². The largest absolute Gasteiger partial charge is 0.497 e. The number of aromatic amines is 1. The van der Waals surface area contributed by atoms with Gasteiger partial charge in [0.05, 0.1) is 25.3 Å². The Kier molecular flexibility index (Phi) is 7.04. The maximum atomic E-state index is 12.8. The van der Waals surface area contributed by atoms with Gasteiger partial charge in [0, 0.05) is 24.2 Å². The maximum absolute atomic E-state index is 12.8. The van der Waals surface area contributed by atoms with Crippen LogP contribution < -0.4 is 20.1 Å². The lowest BCUT2D eigenvalue weighted by molar-refractivity contribution is -0.125. The topological polar surface area (TPSA) is 101 Å². The molecule has 0 saturated carbocycles. The van der Waals surface area contributed by atoms with Crippen molar-refractivity contribution < 1.29 is 14.3 Å². The van der Waals surface area contributed by atoms with Crippen LogP contribution in [0.4, 0.5) is 11.5 Å². The molecule has 32 heavy (non-hydrogen) atoms. The fraction of sp³-hybridized carbons (Fsp3) is 0.435. The van der Waals surface area contributed by atoms with E-state index in [0.29, 0.717) is 23.7 Å². The number of benzene rings is 1. The number of fused-ring (bicyclic) bond motifs is 3. The molecule has 1 aromatic carbocycles. The minimum absolute atomic E-state index is 0.0461. The van der Waals surface area contributed by atoms with Crippen molar-refractivity contribution in [1.29, 1.82) is 0 Å². The van der Waals surface area contributed by atoms with E-state index in [4.69, 9.17) is 9.47 Å². The Morgan fingerprint density at radius 3 is 2.94 bits per heavy atom. The van der Waals surface area contributed by atoms with Crippen molar-refractivity contribution in [2.45, 2.75) is 25.7 Å². The van der Waals surface area contributed by atoms with E-state index in [1.165, 1.54) is 6.33 Å². The van der Waals surface area contributed by atoms with E-state index in [1.807, 2.05) is 18.2 Å². The van der Waals surface area contributed by atoms with Crippen molar-refractivity contribution in [3.63, 3.8) is 0 Å². The van der Waals surface area contributed by atoms with E-state index in [2.05, 4.69) is 31.8 Å². The first-order valence-electron chi connectivity index (χ1n) is 10.7. The molecule has 1 amide bonds. The lowest BCUT2D eigenvalue weighted by Crippen LogP contribution is -2.34. The van der Waals surface area contributed by atoms with Crippen molar-refractivity contribution in [2.24, 2.45) is 5.92 Å². The van der Waals surface area contributed by atoms with Gasteiger partial charge in [-0.25, -0.2) is 9.97 Å². The van der Waals surface area contributed by atoms with Crippen LogP contribution in [0.1, 0.15) is 24.1 Å². The van der Waals surface area contributed by atoms with Crippen LogP contribution in [-0.4, -0.2) is 53.6 Å². The summed E-state index contributed by atoms with van der Waals surface area (Å²) in [5.41, 5.74) is 3.77. The van der Waals surface area contributed by atoms with Crippen LogP contribution >= 0.6 is 11.8 Å². The van der Waals surface area contributed by atoms with Gasteiger partial charge in [-0.2, -0.15) is 11.8 Å². The highest BCUT2D eigenvalue weighted by molar-refractivity contribution is 7.98. The number of rotatable bonds is 9. The molecule has 0 spiro atoms. The third kappa shape index (κ3) is 4.62. The van der Waals surface area contributed by atoms with Gasteiger partial charge < -0.3 is 25.1 Å². The number of hydrogen-bond donors (Lipinski definition) is 3. The van der Waals surface area contributed by atoms with Crippen molar-refractivity contribution >= 4 is 40.2 Å². The van der Waals surface area contributed by atoms with Crippen molar-refractivity contribution in [1.82, 2.24) is 20.3 Å². The zero-order chi connectivity index (χ0) is 22.5. The molecule has 1 atom stereocenters. The van der Waals surface area contributed by atoms with Crippen molar-refractivity contribution in [2.75, 3.05) is 38.1 Å². The summed E-state index contributed by atoms with van der Waals surface area (Å²) >= 11 is 1.80. The zero-order valence-corrected chi connectivity index (χ0v) is 19.5. The maximum Gasteiger partial charge on any atom is 0.223 e. The molecule has 1 unspecified atom stereocenters. The average Bonchev–Trinajstić information content (AvgIpc) is 3.20. The minimum Gasteiger partial charge on any atom is -0.497 e. The molecule has 0 radical (unpaired) electrons. The zero-order valence-electron chi connectivity index (χ0n) is 18.7. The summed E-state index contributed by atoms with van der Waals surface area (Å²) in [6.07, 6.45) is 6.92. The Morgan fingerprint density at radius 2 is 2.16 bits per heavy atom. The molecule has 9 heteroatoms. The summed E-state index contributed by atoms with van der Waals surface area (Å²) in [5.74, 6) is 3.22. The predicted octanol–water partition coefficient (Wildman–Crippen LogP) is 3.69. The third-order valence-corrected chi connectivity index (χ3v) is 6.53. The second-order valence-corrected chi connectivity index (χ2v) is 8.78. The molecule has 170 valence electrons. The summed E-state index contributed by atoms with van der Waals surface area (Å²) in [7, 11) is 3.26. The standard InChI is InChI=1S/C23H29N5O3S/c1-30-15-6-8-19(31-2)18(12-15)28-22-20-16-11-14(23(29)24-9-4-10-32-3)5-7-17(16)27-21(20)25-13-26-22/h6,8,12-14H,4-5,7,9-11H2,1-3H3,(H,24,29)(H2,25,26,27,28). The second-order valence-electron chi connectivity index (χ2n) is 7.80. The summed E-state index contributed by atoms with van der Waals surface area (Å²) < 4.78 is 10.9. The number of thioether (sulfide) groups is 1. The summed E-state index contributed by atoms with van der Waals surface area (Å²) in [6, 6.07) is 5.57. The summed E-state index contributed by atoms with van der Waals surface area (Å²) in [5, 5.41) is 7.41. The van der Waals surface area contributed by atoms with Gasteiger partial charge in [-0.3, -0.25) is 4.79 Å². The number of hydrogen-bond acceptors (Lipinski definition) is 7. The van der Waals surface area contributed by atoms with Gasteiger partial charge in [0.15, 0.2) is 0 Å². The molecular weight excluding hydrogens is 426 g/mol. The number of ether oxygens (including phenoxy) is 2. The number of H-pyrrole nitrogens is 1. The molecule has 1 aliphatic carbocycles. The number of nitrogens with zero attached hydrogens (tertiary/aromatic N) is 2. The molecule has 2 heterocycles. The van der Waals surface area contributed by atoms with E-state index in [9.17, 15) is 4.79 Å². The molecule has 0 fully saturated rings. The van der Waals surface area contributed by atoms with Gasteiger partial charge >= 0.3 is 0 Å². The number of nitrogens with one attached hydrogen (secondary N) is 3. The molecule has 3 aromatic rings. The minimum atomic E-state index is -0.0461. The molecule has 0 aliphatic heterocycles. The number of methoxy groups -OCH3 is 2. The number of carbonyl (C=O) groups excluding carboxylic acids is 1. The quantitative estimate of drug-likeness (QED) is 0.423. The Bertz CT molecular complexity index is 1100. The second kappa shape index (κ2) is 10.1. The number of aryl methyl sites for hydroxylation is 1. The van der Waals surface area contributed by atoms with Gasteiger partial charge in [-0.05, 0) is 55.4 Å². The molecule has 1 aliphatic rings. The highest BCUT2D eigenvalue weighted by Crippen LogP contribution is 2.37. The Hall–Kier alpha value is -2.94. The number of carbonyl (C=O) groups is 1. The summed E-state index contributed by atoms with van der Waals surface area (Å²) in [6.45, 7) is 0.725. The SMILES string of the molecule is COc1ccc(OC)c(Nc2ncnc3[nH]c4c(c23)CC(C(=O)NCCCSC)CC4)c1. The van der Waals surface area contributed by atoms with Crippen molar-refractivity contribution in [3.8, 4) is 11.5 Å². The van der Waals surface area contributed by atoms with E-state index in [1.54, 1.807) is 26.0 Å². The number of anilines is 2. The van der Waals surface area contributed by atoms with Crippen LogP contribution in [0.25, 0.3) is 11.0 Å². The first kappa shape index (κ1) is 22.3. The van der Waals surface area contributed by atoms with Crippen LogP contribution in [0.2, 0.25) is 0 Å². The summed E-state index contributed by atoms with van der Waals surface area (Å²) in [4.78, 5) is 25.1. The lowest BCUT2D eigenvalue weighted by atomic mass is 9.86. The van der Waals surface area contributed by atoms with Crippen molar-refractivity contribution in [3.05, 3.63) is 35.8 Å². The molecule has 8 nitrogen and oxygen atoms in total. The molecule has 4 rings (SSSR count). The first-order valence-corrected chi connectivity index (χ1v) is 12.1. The Labute approximate surface area is 191 Å². The van der Waals surface area contributed by atoms with E-state index in [0.717, 1.165) is 59.5 Å². The van der Waals surface area contributed by atoms with Crippen LogP contribution in [-0.2, 0) is 17.6 Å². The number of aromatic nitrogens is 3. The molecule has 2 aromatic heterocycles. The van der Waals surface area contributed by atoms with Crippen LogP contribution in [0.15, 0.2) is 24.5 Å².